The second-order valence-electron chi connectivity index (χ2n) is 3.43. The van der Waals surface area contributed by atoms with Crippen molar-refractivity contribution in [1.29, 1.82) is 0 Å². The van der Waals surface area contributed by atoms with Crippen molar-refractivity contribution in [2.75, 3.05) is 21.2 Å². The molecule has 0 aliphatic rings. The Kier molecular flexibility index (Phi) is 4.28. The van der Waals surface area contributed by atoms with E-state index in [1.807, 2.05) is 0 Å². The van der Waals surface area contributed by atoms with E-state index < -0.39 is 5.97 Å². The number of aromatic carboxylic acids is 1. The molecule has 0 aromatic heterocycles. The molecule has 0 fully saturated rings. The fourth-order valence-electron chi connectivity index (χ4n) is 1.07. The van der Waals surface area contributed by atoms with Gasteiger partial charge in [0.05, 0.1) is 12.7 Å². The van der Waals surface area contributed by atoms with Gasteiger partial charge in [0, 0.05) is 14.1 Å². The average molecular weight is 255 g/mol. The number of benzene rings is 1. The summed E-state index contributed by atoms with van der Waals surface area (Å²) < 4.78 is 10.4. The maximum absolute atomic E-state index is 10.8. The van der Waals surface area contributed by atoms with Crippen molar-refractivity contribution >= 4 is 23.4 Å². The third-order valence-electron chi connectivity index (χ3n) is 1.97. The van der Waals surface area contributed by atoms with Gasteiger partial charge >= 0.3 is 5.97 Å². The number of methoxy groups -OCH3 is 1. The van der Waals surface area contributed by atoms with Crippen molar-refractivity contribution in [3.8, 4) is 11.5 Å². The van der Waals surface area contributed by atoms with Gasteiger partial charge in [-0.05, 0) is 30.4 Å². The van der Waals surface area contributed by atoms with Crippen LogP contribution >= 0.6 is 12.2 Å². The van der Waals surface area contributed by atoms with Gasteiger partial charge in [-0.15, -0.1) is 0 Å². The molecule has 0 bridgehead atoms. The van der Waals surface area contributed by atoms with Gasteiger partial charge in [0.25, 0.3) is 5.17 Å². The molecular weight excluding hydrogens is 242 g/mol. The second kappa shape index (κ2) is 5.49. The topological polar surface area (TPSA) is 59.0 Å². The molecule has 0 unspecified atom stereocenters. The smallest absolute Gasteiger partial charge is 0.335 e. The summed E-state index contributed by atoms with van der Waals surface area (Å²) in [6.45, 7) is 0. The van der Waals surface area contributed by atoms with Crippen LogP contribution in [0.15, 0.2) is 18.2 Å². The summed E-state index contributed by atoms with van der Waals surface area (Å²) >= 11 is 4.98. The molecule has 0 amide bonds. The average Bonchev–Trinajstić information content (AvgIpc) is 2.28. The summed E-state index contributed by atoms with van der Waals surface area (Å²) in [5, 5.41) is 9.10. The fraction of sp³-hybridized carbons (Fsp3) is 0.273. The van der Waals surface area contributed by atoms with E-state index in [1.165, 1.54) is 25.3 Å². The number of hydrogen-bond donors (Lipinski definition) is 1. The summed E-state index contributed by atoms with van der Waals surface area (Å²) in [5.74, 6) is -0.321. The zero-order valence-corrected chi connectivity index (χ0v) is 10.6. The molecule has 1 aromatic carbocycles. The number of nitrogens with zero attached hydrogens (tertiary/aromatic N) is 1. The van der Waals surface area contributed by atoms with Crippen LogP contribution in [-0.4, -0.2) is 42.4 Å². The number of carboxylic acids is 1. The lowest BCUT2D eigenvalue weighted by Crippen LogP contribution is -2.25. The molecule has 0 aliphatic carbocycles. The number of thiocarbonyl (C=S) groups is 1. The molecule has 17 heavy (non-hydrogen) atoms. The highest BCUT2D eigenvalue weighted by Gasteiger charge is 2.12. The van der Waals surface area contributed by atoms with Crippen molar-refractivity contribution in [2.24, 2.45) is 0 Å². The Bertz CT molecular complexity index is 445. The van der Waals surface area contributed by atoms with Gasteiger partial charge in [-0.25, -0.2) is 4.79 Å². The molecular formula is C11H13NO4S. The number of carbonyl (C=O) groups is 1. The molecule has 1 N–H and O–H groups in total. The Morgan fingerprint density at radius 1 is 1.35 bits per heavy atom. The van der Waals surface area contributed by atoms with Gasteiger partial charge in [0.15, 0.2) is 11.5 Å². The van der Waals surface area contributed by atoms with Crippen molar-refractivity contribution in [3.05, 3.63) is 23.8 Å². The highest BCUT2D eigenvalue weighted by Crippen LogP contribution is 2.28. The summed E-state index contributed by atoms with van der Waals surface area (Å²) in [6.07, 6.45) is 0. The number of ether oxygens (including phenoxy) is 2. The Labute approximate surface area is 105 Å². The molecule has 5 nitrogen and oxygen atoms in total. The summed E-state index contributed by atoms with van der Waals surface area (Å²) in [7, 11) is 4.94. The van der Waals surface area contributed by atoms with Crippen molar-refractivity contribution in [1.82, 2.24) is 4.90 Å². The monoisotopic (exact) mass is 255 g/mol. The Hall–Kier alpha value is -1.82. The number of rotatable bonds is 3. The first-order valence-electron chi connectivity index (χ1n) is 4.76. The number of carboxylic acid groups (broad SMARTS) is 1. The summed E-state index contributed by atoms with van der Waals surface area (Å²) in [5.41, 5.74) is 0.113. The van der Waals surface area contributed by atoms with Crippen molar-refractivity contribution in [3.63, 3.8) is 0 Å². The minimum Gasteiger partial charge on any atom is -0.493 e. The van der Waals surface area contributed by atoms with Crippen molar-refractivity contribution < 1.29 is 19.4 Å². The standard InChI is InChI=1S/C11H13NO4S/c1-12(2)11(17)16-9-6-7(10(13)14)4-5-8(9)15-3/h4-6H,1-3H3,(H,13,14). The van der Waals surface area contributed by atoms with Crippen LogP contribution in [-0.2, 0) is 0 Å². The zero-order chi connectivity index (χ0) is 13.0. The van der Waals surface area contributed by atoms with Gasteiger partial charge in [-0.3, -0.25) is 0 Å². The van der Waals surface area contributed by atoms with E-state index in [-0.39, 0.29) is 16.5 Å². The van der Waals surface area contributed by atoms with Crippen LogP contribution in [0, 0.1) is 0 Å². The van der Waals surface area contributed by atoms with Crippen LogP contribution in [0.3, 0.4) is 0 Å². The first-order chi connectivity index (χ1) is 7.95. The third kappa shape index (κ3) is 3.32. The molecule has 92 valence electrons. The zero-order valence-electron chi connectivity index (χ0n) is 9.76. The third-order valence-corrected chi connectivity index (χ3v) is 2.42. The van der Waals surface area contributed by atoms with Crippen LogP contribution in [0.5, 0.6) is 11.5 Å². The van der Waals surface area contributed by atoms with E-state index in [4.69, 9.17) is 26.8 Å². The molecule has 1 aromatic rings. The van der Waals surface area contributed by atoms with Crippen LogP contribution in [0.25, 0.3) is 0 Å². The quantitative estimate of drug-likeness (QED) is 0.828. The lowest BCUT2D eigenvalue weighted by Gasteiger charge is -2.16. The lowest BCUT2D eigenvalue weighted by atomic mass is 10.2. The molecule has 0 heterocycles. The Morgan fingerprint density at radius 3 is 2.47 bits per heavy atom. The van der Waals surface area contributed by atoms with E-state index in [0.717, 1.165) is 0 Å². The molecule has 0 saturated carbocycles. The summed E-state index contributed by atoms with van der Waals surface area (Å²) in [4.78, 5) is 12.4. The largest absolute Gasteiger partial charge is 0.493 e. The minimum atomic E-state index is -1.03. The van der Waals surface area contributed by atoms with Crippen molar-refractivity contribution in [2.45, 2.75) is 0 Å². The van der Waals surface area contributed by atoms with Gasteiger partial charge in [-0.2, -0.15) is 0 Å². The van der Waals surface area contributed by atoms with Gasteiger partial charge in [-0.1, -0.05) is 0 Å². The molecule has 0 atom stereocenters. The highest BCUT2D eigenvalue weighted by atomic mass is 32.1. The normalized spacial score (nSPS) is 9.59. The maximum Gasteiger partial charge on any atom is 0.335 e. The van der Waals surface area contributed by atoms with Gasteiger partial charge in [0.2, 0.25) is 0 Å². The molecule has 0 aliphatic heterocycles. The van der Waals surface area contributed by atoms with Gasteiger partial charge < -0.3 is 19.5 Å². The van der Waals surface area contributed by atoms with Crippen LogP contribution in [0.2, 0.25) is 0 Å². The van der Waals surface area contributed by atoms with Crippen LogP contribution < -0.4 is 9.47 Å². The number of hydrogen-bond acceptors (Lipinski definition) is 4. The van der Waals surface area contributed by atoms with Crippen LogP contribution in [0.1, 0.15) is 10.4 Å². The van der Waals surface area contributed by atoms with E-state index in [2.05, 4.69) is 0 Å². The molecule has 0 radical (unpaired) electrons. The first-order valence-corrected chi connectivity index (χ1v) is 5.17. The molecule has 6 heteroatoms. The SMILES string of the molecule is COc1ccc(C(=O)O)cc1OC(=S)N(C)C. The fourth-order valence-corrected chi connectivity index (χ4v) is 1.16. The lowest BCUT2D eigenvalue weighted by molar-refractivity contribution is 0.0696. The van der Waals surface area contributed by atoms with E-state index >= 15 is 0 Å². The summed E-state index contributed by atoms with van der Waals surface area (Å²) in [6, 6.07) is 4.33. The Balaban J connectivity index is 3.06. The Morgan fingerprint density at radius 2 is 2.00 bits per heavy atom. The molecule has 0 spiro atoms. The van der Waals surface area contributed by atoms with E-state index in [9.17, 15) is 4.79 Å². The molecule has 0 saturated heterocycles. The van der Waals surface area contributed by atoms with E-state index in [0.29, 0.717) is 5.75 Å². The molecule has 1 rings (SSSR count). The highest BCUT2D eigenvalue weighted by molar-refractivity contribution is 7.80. The maximum atomic E-state index is 10.8. The van der Waals surface area contributed by atoms with Gasteiger partial charge in [0.1, 0.15) is 0 Å². The predicted octanol–water partition coefficient (Wildman–Crippen LogP) is 1.62. The second-order valence-corrected chi connectivity index (χ2v) is 3.78. The first kappa shape index (κ1) is 13.2. The predicted molar refractivity (Wildman–Crippen MR) is 66.9 cm³/mol. The van der Waals surface area contributed by atoms with Crippen LogP contribution in [0.4, 0.5) is 0 Å². The van der Waals surface area contributed by atoms with E-state index in [1.54, 1.807) is 19.0 Å². The minimum absolute atomic E-state index is 0.113.